The zero-order chi connectivity index (χ0) is 31.3. The van der Waals surface area contributed by atoms with Crippen LogP contribution in [0.3, 0.4) is 0 Å². The zero-order valence-electron chi connectivity index (χ0n) is 24.7. The Morgan fingerprint density at radius 1 is 0.978 bits per heavy atom. The zero-order valence-corrected chi connectivity index (χ0v) is 27.1. The maximum atomic E-state index is 14.1. The van der Waals surface area contributed by atoms with Crippen molar-refractivity contribution in [2.45, 2.75) is 26.5 Å². The highest BCUT2D eigenvalue weighted by Gasteiger charge is 2.32. The van der Waals surface area contributed by atoms with E-state index >= 15 is 0 Å². The largest absolute Gasteiger partial charge is 0.494 e. The molecule has 9 heteroatoms. The van der Waals surface area contributed by atoms with E-state index in [0.717, 1.165) is 21.2 Å². The number of thiazole rings is 1. The van der Waals surface area contributed by atoms with Crippen LogP contribution in [0.4, 0.5) is 5.69 Å². The Morgan fingerprint density at radius 2 is 1.69 bits per heavy atom. The average molecular weight is 681 g/mol. The lowest BCUT2D eigenvalue weighted by Gasteiger charge is -2.25. The fourth-order valence-corrected chi connectivity index (χ4v) is 6.73. The summed E-state index contributed by atoms with van der Waals surface area (Å²) in [5, 5.41) is 2.98. The fraction of sp³-hybridized carbons (Fsp3) is 0.139. The molecule has 1 aliphatic rings. The van der Waals surface area contributed by atoms with E-state index < -0.39 is 6.04 Å². The smallest absolute Gasteiger partial charge is 0.271 e. The maximum absolute atomic E-state index is 14.1. The van der Waals surface area contributed by atoms with Crippen LogP contribution in [0.2, 0.25) is 0 Å². The number of amides is 1. The van der Waals surface area contributed by atoms with Gasteiger partial charge in [-0.2, -0.15) is 0 Å². The van der Waals surface area contributed by atoms with Crippen LogP contribution in [0.15, 0.2) is 129 Å². The highest BCUT2D eigenvalue weighted by Crippen LogP contribution is 2.32. The van der Waals surface area contributed by atoms with E-state index in [1.165, 1.54) is 11.3 Å². The van der Waals surface area contributed by atoms with Crippen molar-refractivity contribution in [2.75, 3.05) is 11.9 Å². The fourth-order valence-electron chi connectivity index (χ4n) is 5.17. The molecule has 1 aliphatic heterocycles. The van der Waals surface area contributed by atoms with Crippen LogP contribution < -0.4 is 29.7 Å². The van der Waals surface area contributed by atoms with E-state index in [1.807, 2.05) is 123 Å². The Labute approximate surface area is 272 Å². The minimum atomic E-state index is -0.678. The summed E-state index contributed by atoms with van der Waals surface area (Å²) >= 11 is 4.92. The van der Waals surface area contributed by atoms with Gasteiger partial charge in [-0.05, 0) is 88.9 Å². The van der Waals surface area contributed by atoms with Crippen molar-refractivity contribution >= 4 is 44.9 Å². The summed E-state index contributed by atoms with van der Waals surface area (Å²) in [6.07, 6.45) is 1.84. The monoisotopic (exact) mass is 679 g/mol. The lowest BCUT2D eigenvalue weighted by atomic mass is 9.95. The van der Waals surface area contributed by atoms with Crippen LogP contribution in [0.25, 0.3) is 6.08 Å². The van der Waals surface area contributed by atoms with Crippen molar-refractivity contribution in [3.8, 4) is 11.5 Å². The number of rotatable bonds is 9. The number of fused-ring (bicyclic) bond motifs is 1. The standard InChI is InChI=1S/C36H30BrN3O4S/c1-3-43-28-17-15-26(16-18-28)33-32(34(41)39-27-12-8-5-9-13-27)23(2)38-36-40(33)35(42)31(45-36)21-25-14-19-30(29(37)20-25)44-22-24-10-6-4-7-11-24/h4-21,33H,3,22H2,1-2H3,(H,39,41)/b31-21-/t33-/m0/s1. The number of para-hydroxylation sites is 1. The molecule has 226 valence electrons. The van der Waals surface area contributed by atoms with Crippen LogP contribution in [0.5, 0.6) is 11.5 Å². The average Bonchev–Trinajstić information content (AvgIpc) is 3.35. The molecular weight excluding hydrogens is 650 g/mol. The number of nitrogens with zero attached hydrogens (tertiary/aromatic N) is 2. The Balaban J connectivity index is 1.37. The first-order valence-electron chi connectivity index (χ1n) is 14.5. The minimum Gasteiger partial charge on any atom is -0.494 e. The van der Waals surface area contributed by atoms with E-state index in [-0.39, 0.29) is 11.5 Å². The Hall–Kier alpha value is -4.73. The molecule has 0 spiro atoms. The minimum absolute atomic E-state index is 0.226. The number of allylic oxidation sites excluding steroid dienone is 1. The summed E-state index contributed by atoms with van der Waals surface area (Å²) in [5.74, 6) is 1.11. The molecule has 4 aromatic carbocycles. The molecule has 45 heavy (non-hydrogen) atoms. The van der Waals surface area contributed by atoms with E-state index in [4.69, 9.17) is 14.5 Å². The molecule has 2 heterocycles. The third kappa shape index (κ3) is 6.69. The van der Waals surface area contributed by atoms with E-state index in [1.54, 1.807) is 4.57 Å². The van der Waals surface area contributed by atoms with Gasteiger partial charge < -0.3 is 14.8 Å². The number of aromatic nitrogens is 1. The predicted octanol–water partition coefficient (Wildman–Crippen LogP) is 6.61. The van der Waals surface area contributed by atoms with Gasteiger partial charge in [0.25, 0.3) is 11.5 Å². The van der Waals surface area contributed by atoms with Gasteiger partial charge in [-0.3, -0.25) is 14.2 Å². The van der Waals surface area contributed by atoms with Crippen LogP contribution in [0, 0.1) is 0 Å². The summed E-state index contributed by atoms with van der Waals surface area (Å²) in [6.45, 7) is 4.72. The molecule has 1 N–H and O–H groups in total. The SMILES string of the molecule is CCOc1ccc([C@H]2C(C(=O)Nc3ccccc3)=C(C)N=c3s/c(=C\c4ccc(OCc5ccccc5)c(Br)c4)c(=O)n32)cc1. The van der Waals surface area contributed by atoms with Crippen molar-refractivity contribution in [2.24, 2.45) is 4.99 Å². The molecule has 0 unspecified atom stereocenters. The van der Waals surface area contributed by atoms with E-state index in [2.05, 4.69) is 21.2 Å². The third-order valence-corrected chi connectivity index (χ3v) is 8.90. The molecule has 1 amide bonds. The summed E-state index contributed by atoms with van der Waals surface area (Å²) < 4.78 is 14.6. The Bertz CT molecular complexity index is 2050. The summed E-state index contributed by atoms with van der Waals surface area (Å²) in [5.41, 5.74) is 4.07. The Kier molecular flexibility index (Phi) is 9.09. The van der Waals surface area contributed by atoms with Crippen LogP contribution in [-0.4, -0.2) is 17.1 Å². The van der Waals surface area contributed by atoms with Crippen LogP contribution >= 0.6 is 27.3 Å². The molecule has 0 saturated carbocycles. The molecule has 6 rings (SSSR count). The molecule has 7 nitrogen and oxygen atoms in total. The third-order valence-electron chi connectivity index (χ3n) is 7.30. The van der Waals surface area contributed by atoms with Gasteiger partial charge in [0.05, 0.1) is 32.9 Å². The molecule has 1 aromatic heterocycles. The molecular formula is C36H30BrN3O4S. The van der Waals surface area contributed by atoms with Gasteiger partial charge >= 0.3 is 0 Å². The number of ether oxygens (including phenoxy) is 2. The highest BCUT2D eigenvalue weighted by atomic mass is 79.9. The van der Waals surface area contributed by atoms with Gasteiger partial charge in [-0.1, -0.05) is 78.1 Å². The van der Waals surface area contributed by atoms with Crippen molar-refractivity contribution < 1.29 is 14.3 Å². The van der Waals surface area contributed by atoms with Crippen LogP contribution in [0.1, 0.15) is 36.6 Å². The van der Waals surface area contributed by atoms with E-state index in [9.17, 15) is 9.59 Å². The lowest BCUT2D eigenvalue weighted by Crippen LogP contribution is -2.40. The van der Waals surface area contributed by atoms with Gasteiger partial charge in [0.2, 0.25) is 0 Å². The molecule has 0 fully saturated rings. The quantitative estimate of drug-likeness (QED) is 0.190. The van der Waals surface area contributed by atoms with Crippen LogP contribution in [-0.2, 0) is 11.4 Å². The maximum Gasteiger partial charge on any atom is 0.271 e. The lowest BCUT2D eigenvalue weighted by molar-refractivity contribution is -0.113. The summed E-state index contributed by atoms with van der Waals surface area (Å²) in [6, 6.07) is 31.8. The van der Waals surface area contributed by atoms with Crippen molar-refractivity contribution in [3.05, 3.63) is 155 Å². The second-order valence-corrected chi connectivity index (χ2v) is 12.2. The number of carbonyl (C=O) groups excluding carboxylic acids is 1. The number of benzene rings is 4. The number of nitrogens with one attached hydrogen (secondary N) is 1. The molecule has 5 aromatic rings. The summed E-state index contributed by atoms with van der Waals surface area (Å²) in [7, 11) is 0. The molecule has 0 bridgehead atoms. The van der Waals surface area contributed by atoms with Gasteiger partial charge in [0.15, 0.2) is 4.80 Å². The van der Waals surface area contributed by atoms with Gasteiger partial charge in [0, 0.05) is 5.69 Å². The summed E-state index contributed by atoms with van der Waals surface area (Å²) in [4.78, 5) is 33.1. The van der Waals surface area contributed by atoms with Gasteiger partial charge in [-0.25, -0.2) is 4.99 Å². The second kappa shape index (κ2) is 13.5. The van der Waals surface area contributed by atoms with Gasteiger partial charge in [-0.15, -0.1) is 0 Å². The number of carbonyl (C=O) groups is 1. The number of halogens is 1. The van der Waals surface area contributed by atoms with Gasteiger partial charge in [0.1, 0.15) is 18.1 Å². The molecule has 0 saturated heterocycles. The first-order valence-corrected chi connectivity index (χ1v) is 16.1. The number of anilines is 1. The highest BCUT2D eigenvalue weighted by molar-refractivity contribution is 9.10. The first kappa shape index (κ1) is 30.3. The van der Waals surface area contributed by atoms with E-state index in [0.29, 0.717) is 51.0 Å². The molecule has 1 atom stereocenters. The topological polar surface area (TPSA) is 81.9 Å². The van der Waals surface area contributed by atoms with Crippen molar-refractivity contribution in [3.63, 3.8) is 0 Å². The first-order chi connectivity index (χ1) is 21.9. The predicted molar refractivity (Wildman–Crippen MR) is 181 cm³/mol. The Morgan fingerprint density at radius 3 is 2.38 bits per heavy atom. The second-order valence-electron chi connectivity index (χ2n) is 10.4. The number of hydrogen-bond donors (Lipinski definition) is 1. The normalized spacial score (nSPS) is 14.5. The van der Waals surface area contributed by atoms with Crippen molar-refractivity contribution in [1.29, 1.82) is 0 Å². The molecule has 0 radical (unpaired) electrons. The number of hydrogen-bond acceptors (Lipinski definition) is 6. The van der Waals surface area contributed by atoms with Crippen molar-refractivity contribution in [1.82, 2.24) is 4.57 Å². The molecule has 0 aliphatic carbocycles.